The molecule has 0 aromatic heterocycles. The van der Waals surface area contributed by atoms with Crippen molar-refractivity contribution < 1.29 is 19.4 Å². The molecular formula is C11H16O4. The highest BCUT2D eigenvalue weighted by Gasteiger charge is 2.21. The third-order valence-corrected chi connectivity index (χ3v) is 2.47. The van der Waals surface area contributed by atoms with Crippen LogP contribution in [0, 0.1) is 0 Å². The Morgan fingerprint density at radius 2 is 2.00 bits per heavy atom. The molecule has 15 heavy (non-hydrogen) atoms. The monoisotopic (exact) mass is 212 g/mol. The summed E-state index contributed by atoms with van der Waals surface area (Å²) in [6, 6.07) is 0. The molecular weight excluding hydrogens is 196 g/mol. The van der Waals surface area contributed by atoms with Crippen molar-refractivity contribution in [2.24, 2.45) is 0 Å². The van der Waals surface area contributed by atoms with Crippen molar-refractivity contribution >= 4 is 11.9 Å². The molecule has 0 radical (unpaired) electrons. The van der Waals surface area contributed by atoms with E-state index in [9.17, 15) is 9.59 Å². The molecule has 0 unspecified atom stereocenters. The lowest BCUT2D eigenvalue weighted by Crippen LogP contribution is -2.15. The van der Waals surface area contributed by atoms with Crippen LogP contribution < -0.4 is 0 Å². The van der Waals surface area contributed by atoms with E-state index in [1.807, 2.05) is 0 Å². The van der Waals surface area contributed by atoms with E-state index in [-0.39, 0.29) is 12.4 Å². The maximum Gasteiger partial charge on any atom is 0.333 e. The highest BCUT2D eigenvalue weighted by molar-refractivity contribution is 5.90. The zero-order valence-electron chi connectivity index (χ0n) is 8.91. The summed E-state index contributed by atoms with van der Waals surface area (Å²) in [6.07, 6.45) is 3.23. The summed E-state index contributed by atoms with van der Waals surface area (Å²) in [4.78, 5) is 22.1. The topological polar surface area (TPSA) is 63.6 Å². The molecule has 0 aromatic rings. The second-order valence-electron chi connectivity index (χ2n) is 3.58. The number of carboxylic acid groups (broad SMARTS) is 1. The van der Waals surface area contributed by atoms with Crippen molar-refractivity contribution in [3.63, 3.8) is 0 Å². The molecule has 1 aliphatic rings. The van der Waals surface area contributed by atoms with Crippen LogP contribution in [0.2, 0.25) is 0 Å². The van der Waals surface area contributed by atoms with Crippen LogP contribution in [0.3, 0.4) is 0 Å². The van der Waals surface area contributed by atoms with E-state index < -0.39 is 5.97 Å². The Morgan fingerprint density at radius 1 is 1.33 bits per heavy atom. The first-order chi connectivity index (χ1) is 7.15. The molecule has 0 aliphatic heterocycles. The summed E-state index contributed by atoms with van der Waals surface area (Å²) in [5, 5.41) is 8.71. The zero-order chi connectivity index (χ0) is 11.3. The molecule has 4 nitrogen and oxygen atoms in total. The summed E-state index contributed by atoms with van der Waals surface area (Å²) in [6.45, 7) is 2.08. The number of carboxylic acids is 1. The number of hydrogen-bond donors (Lipinski definition) is 1. The van der Waals surface area contributed by atoms with Crippen LogP contribution in [0.5, 0.6) is 0 Å². The van der Waals surface area contributed by atoms with Gasteiger partial charge in [-0.3, -0.25) is 4.79 Å². The van der Waals surface area contributed by atoms with Gasteiger partial charge in [-0.15, -0.1) is 0 Å². The third kappa shape index (κ3) is 3.38. The molecule has 0 atom stereocenters. The normalized spacial score (nSPS) is 16.3. The molecule has 0 spiro atoms. The van der Waals surface area contributed by atoms with E-state index in [0.717, 1.165) is 18.4 Å². The predicted molar refractivity (Wildman–Crippen MR) is 54.4 cm³/mol. The third-order valence-electron chi connectivity index (χ3n) is 2.47. The fourth-order valence-corrected chi connectivity index (χ4v) is 1.81. The second-order valence-corrected chi connectivity index (χ2v) is 3.58. The fraction of sp³-hybridized carbons (Fsp3) is 0.636. The molecule has 84 valence electrons. The molecule has 1 aliphatic carbocycles. The van der Waals surface area contributed by atoms with E-state index in [0.29, 0.717) is 25.0 Å². The van der Waals surface area contributed by atoms with E-state index in [1.165, 1.54) is 0 Å². The second kappa shape index (κ2) is 5.53. The Hall–Kier alpha value is -1.32. The van der Waals surface area contributed by atoms with Crippen LogP contribution in [0.25, 0.3) is 0 Å². The Bertz CT molecular complexity index is 291. The SMILES string of the molecule is CCOC(=O)C1=C(CC(=O)O)CCCC1. The minimum absolute atomic E-state index is 0.0336. The van der Waals surface area contributed by atoms with Crippen molar-refractivity contribution in [2.45, 2.75) is 39.0 Å². The highest BCUT2D eigenvalue weighted by Crippen LogP contribution is 2.27. The van der Waals surface area contributed by atoms with Crippen molar-refractivity contribution in [3.8, 4) is 0 Å². The van der Waals surface area contributed by atoms with E-state index in [2.05, 4.69) is 0 Å². The first kappa shape index (κ1) is 11.8. The van der Waals surface area contributed by atoms with E-state index in [4.69, 9.17) is 9.84 Å². The molecule has 4 heteroatoms. The van der Waals surface area contributed by atoms with Crippen LogP contribution in [-0.2, 0) is 14.3 Å². The number of ether oxygens (including phenoxy) is 1. The molecule has 1 rings (SSSR count). The largest absolute Gasteiger partial charge is 0.481 e. The first-order valence-electron chi connectivity index (χ1n) is 5.25. The van der Waals surface area contributed by atoms with Crippen molar-refractivity contribution in [1.29, 1.82) is 0 Å². The average Bonchev–Trinajstić information content (AvgIpc) is 2.18. The number of hydrogen-bond acceptors (Lipinski definition) is 3. The number of carbonyl (C=O) groups excluding carboxylic acids is 1. The van der Waals surface area contributed by atoms with Crippen LogP contribution >= 0.6 is 0 Å². The minimum atomic E-state index is -0.881. The summed E-state index contributed by atoms with van der Waals surface area (Å²) in [7, 11) is 0. The van der Waals surface area contributed by atoms with Crippen LogP contribution in [0.15, 0.2) is 11.1 Å². The van der Waals surface area contributed by atoms with Gasteiger partial charge in [0.15, 0.2) is 0 Å². The van der Waals surface area contributed by atoms with Crippen LogP contribution in [-0.4, -0.2) is 23.7 Å². The lowest BCUT2D eigenvalue weighted by atomic mass is 9.90. The Labute approximate surface area is 88.9 Å². The maximum atomic E-state index is 11.5. The smallest absolute Gasteiger partial charge is 0.333 e. The van der Waals surface area contributed by atoms with Gasteiger partial charge in [0, 0.05) is 5.57 Å². The van der Waals surface area contributed by atoms with Crippen LogP contribution in [0.4, 0.5) is 0 Å². The lowest BCUT2D eigenvalue weighted by molar-refractivity contribution is -0.138. The van der Waals surface area contributed by atoms with Crippen molar-refractivity contribution in [3.05, 3.63) is 11.1 Å². The lowest BCUT2D eigenvalue weighted by Gasteiger charge is -2.17. The Kier molecular flexibility index (Phi) is 4.34. The molecule has 0 amide bonds. The van der Waals surface area contributed by atoms with Gasteiger partial charge in [0.1, 0.15) is 0 Å². The van der Waals surface area contributed by atoms with Crippen molar-refractivity contribution in [2.75, 3.05) is 6.61 Å². The standard InChI is InChI=1S/C11H16O4/c1-2-15-11(14)9-6-4-3-5-8(9)7-10(12)13/h2-7H2,1H3,(H,12,13). The first-order valence-corrected chi connectivity index (χ1v) is 5.25. The van der Waals surface area contributed by atoms with Gasteiger partial charge in [-0.05, 0) is 38.2 Å². The Morgan fingerprint density at radius 3 is 2.60 bits per heavy atom. The van der Waals surface area contributed by atoms with Crippen LogP contribution in [0.1, 0.15) is 39.0 Å². The van der Waals surface area contributed by atoms with Gasteiger partial charge in [-0.25, -0.2) is 4.79 Å². The summed E-state index contributed by atoms with van der Waals surface area (Å²) >= 11 is 0. The van der Waals surface area contributed by atoms with Gasteiger partial charge < -0.3 is 9.84 Å². The molecule has 0 bridgehead atoms. The van der Waals surface area contributed by atoms with Gasteiger partial charge in [0.05, 0.1) is 13.0 Å². The summed E-state index contributed by atoms with van der Waals surface area (Å²) < 4.78 is 4.90. The van der Waals surface area contributed by atoms with E-state index >= 15 is 0 Å². The summed E-state index contributed by atoms with van der Waals surface area (Å²) in [5.74, 6) is -1.22. The van der Waals surface area contributed by atoms with Gasteiger partial charge in [-0.2, -0.15) is 0 Å². The van der Waals surface area contributed by atoms with E-state index in [1.54, 1.807) is 6.92 Å². The molecule has 1 N–H and O–H groups in total. The predicted octanol–water partition coefficient (Wildman–Crippen LogP) is 1.89. The molecule has 0 saturated carbocycles. The minimum Gasteiger partial charge on any atom is -0.481 e. The fourth-order valence-electron chi connectivity index (χ4n) is 1.81. The summed E-state index contributed by atoms with van der Waals surface area (Å²) in [5.41, 5.74) is 1.33. The highest BCUT2D eigenvalue weighted by atomic mass is 16.5. The molecule has 0 saturated heterocycles. The van der Waals surface area contributed by atoms with Gasteiger partial charge >= 0.3 is 11.9 Å². The number of aliphatic carboxylic acids is 1. The quantitative estimate of drug-likeness (QED) is 0.723. The van der Waals surface area contributed by atoms with Gasteiger partial charge in [0.2, 0.25) is 0 Å². The molecule has 0 heterocycles. The number of rotatable bonds is 4. The number of esters is 1. The van der Waals surface area contributed by atoms with Gasteiger partial charge in [-0.1, -0.05) is 0 Å². The molecule has 0 aromatic carbocycles. The number of carbonyl (C=O) groups is 2. The van der Waals surface area contributed by atoms with Gasteiger partial charge in [0.25, 0.3) is 0 Å². The maximum absolute atomic E-state index is 11.5. The average molecular weight is 212 g/mol. The Balaban J connectivity index is 2.80. The zero-order valence-corrected chi connectivity index (χ0v) is 8.91. The van der Waals surface area contributed by atoms with Crippen molar-refractivity contribution in [1.82, 2.24) is 0 Å². The molecule has 0 fully saturated rings.